The van der Waals surface area contributed by atoms with Gasteiger partial charge in [-0.2, -0.15) is 11.8 Å². The highest BCUT2D eigenvalue weighted by atomic mass is 32.2. The Morgan fingerprint density at radius 1 is 0.422 bits per heavy atom. The Bertz CT molecular complexity index is 910. The average Bonchev–Trinajstić information content (AvgIpc) is 3.06. The third kappa shape index (κ3) is 20.7. The molecule has 0 spiro atoms. The Kier molecular flexibility index (Phi) is 25.0. The van der Waals surface area contributed by atoms with Gasteiger partial charge in [0.15, 0.2) is 0 Å². The molecule has 252 valence electrons. The van der Waals surface area contributed by atoms with Gasteiger partial charge in [-0.05, 0) is 72.3 Å². The van der Waals surface area contributed by atoms with E-state index < -0.39 is 0 Å². The third-order valence-corrected chi connectivity index (χ3v) is 11.0. The fourth-order valence-corrected chi connectivity index (χ4v) is 7.70. The van der Waals surface area contributed by atoms with Crippen LogP contribution in [0.4, 0.5) is 0 Å². The van der Waals surface area contributed by atoms with Crippen LogP contribution in [0.1, 0.15) is 177 Å². The maximum Gasteiger partial charge on any atom is 0.0232 e. The Labute approximate surface area is 294 Å². The summed E-state index contributed by atoms with van der Waals surface area (Å²) in [7, 11) is 0. The maximum absolute atomic E-state index is 5.77. The molecular weight excluding hydrogens is 601 g/mol. The number of aryl methyl sites for hydroxylation is 2. The van der Waals surface area contributed by atoms with Crippen LogP contribution in [0.2, 0.25) is 0 Å². The van der Waals surface area contributed by atoms with Crippen LogP contribution < -0.4 is 0 Å². The first-order valence-electron chi connectivity index (χ1n) is 19.0. The summed E-state index contributed by atoms with van der Waals surface area (Å²) in [4.78, 5) is 2.18. The van der Waals surface area contributed by atoms with Crippen molar-refractivity contribution in [3.05, 3.63) is 70.8 Å². The molecule has 3 heteroatoms. The van der Waals surface area contributed by atoms with Gasteiger partial charge in [0.2, 0.25) is 0 Å². The highest BCUT2D eigenvalue weighted by molar-refractivity contribution is 7.99. The first-order valence-corrected chi connectivity index (χ1v) is 20.9. The zero-order valence-corrected chi connectivity index (χ0v) is 31.7. The molecule has 0 heterocycles. The highest BCUT2D eigenvalue weighted by Crippen LogP contribution is 2.18. The largest absolute Gasteiger partial charge is 0.161 e. The third-order valence-electron chi connectivity index (χ3n) is 9.14. The van der Waals surface area contributed by atoms with E-state index in [1.165, 1.54) is 164 Å². The van der Waals surface area contributed by atoms with E-state index in [4.69, 9.17) is 24.4 Å². The molecule has 0 saturated carbocycles. The number of thiocarbonyl (C=S) groups is 2. The molecule has 0 atom stereocenters. The zero-order valence-electron chi connectivity index (χ0n) is 29.2. The standard InChI is InChI=1S/C42H66S3/c1-3-5-7-9-11-13-15-17-19-21-23-37-25-29-39(30-26-37)41(43)33-35-45-36-34-42(44)40-31-27-38(28-32-40)24-22-20-18-16-14-12-10-8-6-4-2/h25-32H,3-24,33-36H2,1-2H3. The molecule has 0 aliphatic carbocycles. The number of rotatable bonds is 30. The van der Waals surface area contributed by atoms with Gasteiger partial charge in [0.1, 0.15) is 0 Å². The van der Waals surface area contributed by atoms with Crippen LogP contribution in [0.3, 0.4) is 0 Å². The van der Waals surface area contributed by atoms with Crippen LogP contribution in [-0.4, -0.2) is 21.2 Å². The number of hydrogen-bond donors (Lipinski definition) is 0. The second kappa shape index (κ2) is 28.0. The number of thioether (sulfide) groups is 1. The van der Waals surface area contributed by atoms with Gasteiger partial charge in [-0.1, -0.05) is 202 Å². The predicted octanol–water partition coefficient (Wildman–Crippen LogP) is 14.3. The predicted molar refractivity (Wildman–Crippen MR) is 214 cm³/mol. The topological polar surface area (TPSA) is 0 Å². The van der Waals surface area contributed by atoms with E-state index >= 15 is 0 Å². The van der Waals surface area contributed by atoms with Crippen molar-refractivity contribution in [2.45, 2.75) is 168 Å². The smallest absolute Gasteiger partial charge is 0.0232 e. The monoisotopic (exact) mass is 666 g/mol. The molecule has 0 aliphatic heterocycles. The summed E-state index contributed by atoms with van der Waals surface area (Å²) in [5, 5.41) is 0. The van der Waals surface area contributed by atoms with Crippen LogP contribution in [0.15, 0.2) is 48.5 Å². The van der Waals surface area contributed by atoms with Gasteiger partial charge in [-0.15, -0.1) is 0 Å². The lowest BCUT2D eigenvalue weighted by Crippen LogP contribution is -2.02. The van der Waals surface area contributed by atoms with E-state index in [1.807, 2.05) is 11.8 Å². The lowest BCUT2D eigenvalue weighted by atomic mass is 10.0. The molecule has 0 aliphatic rings. The SMILES string of the molecule is CCCCCCCCCCCCc1ccc(C(=S)CCSCCC(=S)c2ccc(CCCCCCCCCCCC)cc2)cc1. The summed E-state index contributed by atoms with van der Waals surface area (Å²) in [6, 6.07) is 18.2. The fraction of sp³-hybridized carbons (Fsp3) is 0.667. The Morgan fingerprint density at radius 3 is 1.02 bits per heavy atom. The lowest BCUT2D eigenvalue weighted by Gasteiger charge is -2.08. The van der Waals surface area contributed by atoms with Crippen LogP contribution in [-0.2, 0) is 12.8 Å². The molecule has 2 aromatic carbocycles. The molecule has 0 bridgehead atoms. The van der Waals surface area contributed by atoms with Crippen LogP contribution >= 0.6 is 36.2 Å². The summed E-state index contributed by atoms with van der Waals surface area (Å²) in [6.07, 6.45) is 32.2. The van der Waals surface area contributed by atoms with Gasteiger partial charge in [0.25, 0.3) is 0 Å². The Morgan fingerprint density at radius 2 is 0.711 bits per heavy atom. The van der Waals surface area contributed by atoms with Crippen LogP contribution in [0, 0.1) is 0 Å². The second-order valence-corrected chi connectivity index (χ2v) is 15.4. The van der Waals surface area contributed by atoms with Gasteiger partial charge in [-0.3, -0.25) is 0 Å². The molecule has 0 amide bonds. The van der Waals surface area contributed by atoms with Gasteiger partial charge in [0.05, 0.1) is 0 Å². The molecule has 0 saturated heterocycles. The van der Waals surface area contributed by atoms with Crippen molar-refractivity contribution in [2.75, 3.05) is 11.5 Å². The number of benzene rings is 2. The van der Waals surface area contributed by atoms with E-state index in [0.29, 0.717) is 0 Å². The van der Waals surface area contributed by atoms with Gasteiger partial charge >= 0.3 is 0 Å². The quantitative estimate of drug-likeness (QED) is 0.0463. The molecule has 0 aromatic heterocycles. The van der Waals surface area contributed by atoms with Crippen LogP contribution in [0.25, 0.3) is 0 Å². The zero-order chi connectivity index (χ0) is 32.2. The molecule has 0 N–H and O–H groups in total. The van der Waals surface area contributed by atoms with Gasteiger partial charge in [0, 0.05) is 9.73 Å². The Hall–Kier alpha value is -1.03. The van der Waals surface area contributed by atoms with E-state index in [2.05, 4.69) is 62.4 Å². The van der Waals surface area contributed by atoms with Gasteiger partial charge in [-0.25, -0.2) is 0 Å². The summed E-state index contributed by atoms with van der Waals surface area (Å²) in [6.45, 7) is 4.58. The molecule has 45 heavy (non-hydrogen) atoms. The second-order valence-electron chi connectivity index (χ2n) is 13.2. The summed E-state index contributed by atoms with van der Waals surface area (Å²) in [5.74, 6) is 2.14. The minimum absolute atomic E-state index is 0.970. The maximum atomic E-state index is 5.77. The van der Waals surface area contributed by atoms with Gasteiger partial charge < -0.3 is 0 Å². The lowest BCUT2D eigenvalue weighted by molar-refractivity contribution is 0.556. The molecular formula is C42H66S3. The van der Waals surface area contributed by atoms with E-state index in [1.54, 1.807) is 0 Å². The van der Waals surface area contributed by atoms with Crippen molar-refractivity contribution >= 4 is 45.9 Å². The molecule has 0 nitrogen and oxygen atoms in total. The minimum atomic E-state index is 0.970. The number of hydrogen-bond acceptors (Lipinski definition) is 3. The highest BCUT2D eigenvalue weighted by Gasteiger charge is 2.05. The fourth-order valence-electron chi connectivity index (χ4n) is 6.07. The molecule has 2 rings (SSSR count). The van der Waals surface area contributed by atoms with E-state index in [9.17, 15) is 0 Å². The molecule has 0 radical (unpaired) electrons. The van der Waals surface area contributed by atoms with Crippen molar-refractivity contribution in [3.8, 4) is 0 Å². The van der Waals surface area contributed by atoms with Crippen molar-refractivity contribution in [1.82, 2.24) is 0 Å². The van der Waals surface area contributed by atoms with E-state index in [0.717, 1.165) is 34.1 Å². The summed E-state index contributed by atoms with van der Waals surface area (Å²) in [5.41, 5.74) is 5.36. The molecule has 2 aromatic rings. The normalized spacial score (nSPS) is 11.2. The first-order chi connectivity index (χ1) is 22.1. The van der Waals surface area contributed by atoms with E-state index in [-0.39, 0.29) is 0 Å². The van der Waals surface area contributed by atoms with Crippen molar-refractivity contribution in [1.29, 1.82) is 0 Å². The Balaban J connectivity index is 1.48. The first kappa shape index (κ1) is 40.1. The van der Waals surface area contributed by atoms with Crippen molar-refractivity contribution < 1.29 is 0 Å². The summed E-state index contributed by atoms with van der Waals surface area (Å²) >= 11 is 13.5. The summed E-state index contributed by atoms with van der Waals surface area (Å²) < 4.78 is 0. The molecule has 0 fully saturated rings. The van der Waals surface area contributed by atoms with Crippen LogP contribution in [0.5, 0.6) is 0 Å². The number of unbranched alkanes of at least 4 members (excludes halogenated alkanes) is 18. The van der Waals surface area contributed by atoms with Crippen molar-refractivity contribution in [2.24, 2.45) is 0 Å². The minimum Gasteiger partial charge on any atom is -0.161 e. The average molecular weight is 667 g/mol. The van der Waals surface area contributed by atoms with Crippen molar-refractivity contribution in [3.63, 3.8) is 0 Å². The molecule has 0 unspecified atom stereocenters.